The minimum atomic E-state index is 0.137. The summed E-state index contributed by atoms with van der Waals surface area (Å²) < 4.78 is 0. The molecule has 1 heterocycles. The van der Waals surface area contributed by atoms with Gasteiger partial charge in [-0.15, -0.1) is 0 Å². The summed E-state index contributed by atoms with van der Waals surface area (Å²) in [4.78, 5) is 14.7. The maximum atomic E-state index is 12.2. The van der Waals surface area contributed by atoms with E-state index >= 15 is 0 Å². The Labute approximate surface area is 143 Å². The van der Waals surface area contributed by atoms with Crippen molar-refractivity contribution in [2.75, 3.05) is 13.1 Å². The molecule has 3 nitrogen and oxygen atoms in total. The van der Waals surface area contributed by atoms with Gasteiger partial charge in [0.15, 0.2) is 5.78 Å². The Morgan fingerprint density at radius 1 is 1.04 bits per heavy atom. The number of aromatic hydroxyl groups is 1. The first-order valence-corrected chi connectivity index (χ1v) is 8.79. The predicted octanol–water partition coefficient (Wildman–Crippen LogP) is 4.27. The van der Waals surface area contributed by atoms with Crippen molar-refractivity contribution >= 4 is 5.78 Å². The topological polar surface area (TPSA) is 40.5 Å². The summed E-state index contributed by atoms with van der Waals surface area (Å²) in [6.45, 7) is 3.25. The van der Waals surface area contributed by atoms with Gasteiger partial charge >= 0.3 is 0 Å². The Kier molecular flexibility index (Phi) is 5.65. The molecule has 2 aromatic rings. The summed E-state index contributed by atoms with van der Waals surface area (Å²) in [5, 5.41) is 9.47. The average molecular weight is 323 g/mol. The van der Waals surface area contributed by atoms with Crippen LogP contribution in [0.2, 0.25) is 0 Å². The fourth-order valence-electron chi connectivity index (χ4n) is 3.43. The van der Waals surface area contributed by atoms with E-state index in [0.29, 0.717) is 17.9 Å². The van der Waals surface area contributed by atoms with E-state index in [2.05, 4.69) is 35.2 Å². The fraction of sp³-hybridized carbons (Fsp3) is 0.381. The van der Waals surface area contributed by atoms with Crippen LogP contribution in [0.1, 0.15) is 41.6 Å². The van der Waals surface area contributed by atoms with Gasteiger partial charge in [-0.25, -0.2) is 0 Å². The lowest BCUT2D eigenvalue weighted by Gasteiger charge is -2.32. The van der Waals surface area contributed by atoms with Crippen LogP contribution < -0.4 is 0 Å². The highest BCUT2D eigenvalue weighted by Crippen LogP contribution is 2.24. The zero-order valence-corrected chi connectivity index (χ0v) is 14.0. The first-order chi connectivity index (χ1) is 11.7. The molecule has 0 amide bonds. The number of benzene rings is 2. The number of likely N-dealkylation sites (tertiary alicyclic amines) is 1. The predicted molar refractivity (Wildman–Crippen MR) is 96.1 cm³/mol. The van der Waals surface area contributed by atoms with E-state index in [1.54, 1.807) is 24.3 Å². The Hall–Kier alpha value is -2.13. The van der Waals surface area contributed by atoms with Crippen molar-refractivity contribution in [1.82, 2.24) is 4.90 Å². The Morgan fingerprint density at radius 2 is 1.79 bits per heavy atom. The largest absolute Gasteiger partial charge is 0.508 e. The molecule has 0 bridgehead atoms. The molecular weight excluding hydrogens is 298 g/mol. The van der Waals surface area contributed by atoms with E-state index in [0.717, 1.165) is 26.1 Å². The van der Waals surface area contributed by atoms with Crippen LogP contribution in [0.3, 0.4) is 0 Å². The van der Waals surface area contributed by atoms with Crippen LogP contribution >= 0.6 is 0 Å². The van der Waals surface area contributed by atoms with Gasteiger partial charge in [-0.05, 0) is 56.0 Å². The molecule has 0 aromatic heterocycles. The van der Waals surface area contributed by atoms with Crippen LogP contribution in [-0.2, 0) is 6.54 Å². The van der Waals surface area contributed by atoms with Gasteiger partial charge in [0.05, 0.1) is 0 Å². The third-order valence-electron chi connectivity index (χ3n) is 4.90. The van der Waals surface area contributed by atoms with Gasteiger partial charge in [0.2, 0.25) is 0 Å². The second-order valence-corrected chi connectivity index (χ2v) is 6.72. The quantitative estimate of drug-likeness (QED) is 0.807. The molecule has 0 unspecified atom stereocenters. The van der Waals surface area contributed by atoms with Gasteiger partial charge < -0.3 is 5.11 Å². The van der Waals surface area contributed by atoms with E-state index < -0.39 is 0 Å². The van der Waals surface area contributed by atoms with E-state index in [4.69, 9.17) is 0 Å². The number of piperidine rings is 1. The summed E-state index contributed by atoms with van der Waals surface area (Å²) >= 11 is 0. The molecule has 0 spiro atoms. The summed E-state index contributed by atoms with van der Waals surface area (Å²) in [6, 6.07) is 17.3. The number of hydrogen-bond donors (Lipinski definition) is 1. The maximum absolute atomic E-state index is 12.2. The van der Waals surface area contributed by atoms with Crippen LogP contribution in [0.4, 0.5) is 0 Å². The lowest BCUT2D eigenvalue weighted by molar-refractivity contribution is 0.0961. The lowest BCUT2D eigenvalue weighted by atomic mass is 9.90. The molecule has 2 aromatic carbocycles. The highest BCUT2D eigenvalue weighted by Gasteiger charge is 2.20. The van der Waals surface area contributed by atoms with Crippen molar-refractivity contribution in [3.05, 3.63) is 65.7 Å². The van der Waals surface area contributed by atoms with Gasteiger partial charge in [0.25, 0.3) is 0 Å². The minimum absolute atomic E-state index is 0.137. The van der Waals surface area contributed by atoms with Gasteiger partial charge in [0, 0.05) is 18.5 Å². The number of ketones is 1. The molecule has 1 N–H and O–H groups in total. The molecule has 1 fully saturated rings. The maximum Gasteiger partial charge on any atom is 0.163 e. The number of phenols is 1. The van der Waals surface area contributed by atoms with Crippen molar-refractivity contribution < 1.29 is 9.90 Å². The normalized spacial score (nSPS) is 16.2. The molecule has 0 aliphatic carbocycles. The number of carbonyl (C=O) groups excluding carboxylic acids is 1. The van der Waals surface area contributed by atoms with E-state index in [9.17, 15) is 9.90 Å². The lowest BCUT2D eigenvalue weighted by Crippen LogP contribution is -2.33. The Balaban J connectivity index is 1.42. The molecule has 126 valence electrons. The number of carbonyl (C=O) groups is 1. The summed E-state index contributed by atoms with van der Waals surface area (Å²) in [6.07, 6.45) is 3.86. The number of hydrogen-bond acceptors (Lipinski definition) is 3. The molecule has 1 aliphatic rings. The summed E-state index contributed by atoms with van der Waals surface area (Å²) in [5.74, 6) is 0.936. The molecular formula is C21H25NO2. The number of phenolic OH excluding ortho intramolecular Hbond substituents is 1. The van der Waals surface area contributed by atoms with Crippen LogP contribution in [0.15, 0.2) is 54.6 Å². The molecule has 3 heteroatoms. The molecule has 3 rings (SSSR count). The number of rotatable bonds is 6. The monoisotopic (exact) mass is 323 g/mol. The Morgan fingerprint density at radius 3 is 2.50 bits per heavy atom. The molecule has 0 saturated carbocycles. The number of nitrogens with zero attached hydrogens (tertiary/aromatic N) is 1. The van der Waals surface area contributed by atoms with E-state index in [-0.39, 0.29) is 11.5 Å². The van der Waals surface area contributed by atoms with Crippen LogP contribution in [0.25, 0.3) is 0 Å². The van der Waals surface area contributed by atoms with E-state index in [1.165, 1.54) is 18.4 Å². The van der Waals surface area contributed by atoms with Gasteiger partial charge in [-0.3, -0.25) is 9.69 Å². The van der Waals surface area contributed by atoms with Gasteiger partial charge in [0.1, 0.15) is 5.75 Å². The zero-order chi connectivity index (χ0) is 16.8. The highest BCUT2D eigenvalue weighted by molar-refractivity contribution is 5.96. The summed E-state index contributed by atoms with van der Waals surface area (Å²) in [5.41, 5.74) is 1.99. The van der Waals surface area contributed by atoms with Gasteiger partial charge in [-0.1, -0.05) is 42.5 Å². The standard InChI is InChI=1S/C21H25NO2/c23-20-8-4-7-19(15-20)21(24)10-9-17-11-13-22(14-12-17)16-18-5-2-1-3-6-18/h1-8,15,17,23H,9-14,16H2. The van der Waals surface area contributed by atoms with Gasteiger partial charge in [-0.2, -0.15) is 0 Å². The highest BCUT2D eigenvalue weighted by atomic mass is 16.3. The second-order valence-electron chi connectivity index (χ2n) is 6.72. The first kappa shape index (κ1) is 16.7. The van der Waals surface area contributed by atoms with Crippen molar-refractivity contribution in [2.24, 2.45) is 5.92 Å². The van der Waals surface area contributed by atoms with E-state index in [1.807, 2.05) is 0 Å². The fourth-order valence-corrected chi connectivity index (χ4v) is 3.43. The number of Topliss-reactive ketones (excluding diaryl/α,β-unsaturated/α-hetero) is 1. The molecule has 0 radical (unpaired) electrons. The second kappa shape index (κ2) is 8.11. The molecule has 24 heavy (non-hydrogen) atoms. The first-order valence-electron chi connectivity index (χ1n) is 8.79. The zero-order valence-electron chi connectivity index (χ0n) is 14.0. The third-order valence-corrected chi connectivity index (χ3v) is 4.90. The van der Waals surface area contributed by atoms with Crippen molar-refractivity contribution in [2.45, 2.75) is 32.2 Å². The van der Waals surface area contributed by atoms with Crippen LogP contribution in [0, 0.1) is 5.92 Å². The van der Waals surface area contributed by atoms with Crippen molar-refractivity contribution in [3.8, 4) is 5.75 Å². The third kappa shape index (κ3) is 4.68. The Bertz CT molecular complexity index is 661. The van der Waals surface area contributed by atoms with Crippen molar-refractivity contribution in [1.29, 1.82) is 0 Å². The van der Waals surface area contributed by atoms with Crippen LogP contribution in [0.5, 0.6) is 5.75 Å². The molecule has 0 atom stereocenters. The smallest absolute Gasteiger partial charge is 0.163 e. The summed E-state index contributed by atoms with van der Waals surface area (Å²) in [7, 11) is 0. The minimum Gasteiger partial charge on any atom is -0.508 e. The van der Waals surface area contributed by atoms with Crippen molar-refractivity contribution in [3.63, 3.8) is 0 Å². The average Bonchev–Trinajstić information content (AvgIpc) is 2.62. The SMILES string of the molecule is O=C(CCC1CCN(Cc2ccccc2)CC1)c1cccc(O)c1. The molecule has 1 aliphatic heterocycles. The molecule has 1 saturated heterocycles. The van der Waals surface area contributed by atoms with Crippen LogP contribution in [-0.4, -0.2) is 28.9 Å².